The molecule has 0 atom stereocenters. The quantitative estimate of drug-likeness (QED) is 0.239. The van der Waals surface area contributed by atoms with E-state index >= 15 is 0 Å². The Kier molecular flexibility index (Phi) is 8.93. The summed E-state index contributed by atoms with van der Waals surface area (Å²) in [5.41, 5.74) is 3.83. The molecule has 3 rings (SSSR count). The van der Waals surface area contributed by atoms with E-state index in [0.29, 0.717) is 12.2 Å². The van der Waals surface area contributed by atoms with Crippen LogP contribution in [0.4, 0.5) is 0 Å². The highest BCUT2D eigenvalue weighted by molar-refractivity contribution is 8.14. The third-order valence-corrected chi connectivity index (χ3v) is 6.44. The summed E-state index contributed by atoms with van der Waals surface area (Å²) in [6, 6.07) is 23.6. The first kappa shape index (κ1) is 24.4. The van der Waals surface area contributed by atoms with Crippen molar-refractivity contribution in [2.45, 2.75) is 16.7 Å². The molecule has 0 aliphatic heterocycles. The van der Waals surface area contributed by atoms with Crippen molar-refractivity contribution < 1.29 is 14.3 Å². The van der Waals surface area contributed by atoms with Gasteiger partial charge in [-0.1, -0.05) is 55.6 Å². The van der Waals surface area contributed by atoms with Crippen molar-refractivity contribution in [2.24, 2.45) is 0 Å². The minimum absolute atomic E-state index is 0.0149. The normalized spacial score (nSPS) is 10.7. The average Bonchev–Trinajstić information content (AvgIpc) is 2.83. The molecule has 0 radical (unpaired) electrons. The topological polar surface area (TPSA) is 43.4 Å². The highest BCUT2D eigenvalue weighted by Crippen LogP contribution is 2.26. The van der Waals surface area contributed by atoms with Crippen LogP contribution in [0.5, 0.6) is 5.75 Å². The third kappa shape index (κ3) is 7.67. The van der Waals surface area contributed by atoms with Gasteiger partial charge in [-0.2, -0.15) is 0 Å². The number of ether oxygens (including phenoxy) is 1. The van der Waals surface area contributed by atoms with E-state index in [1.807, 2.05) is 60.7 Å². The van der Waals surface area contributed by atoms with Gasteiger partial charge in [-0.25, -0.2) is 0 Å². The molecule has 0 aromatic heterocycles. The van der Waals surface area contributed by atoms with E-state index in [0.717, 1.165) is 44.0 Å². The third-order valence-electron chi connectivity index (χ3n) is 4.52. The smallest absolute Gasteiger partial charge is 0.219 e. The van der Waals surface area contributed by atoms with Gasteiger partial charge in [-0.15, -0.1) is 0 Å². The van der Waals surface area contributed by atoms with Crippen molar-refractivity contribution >= 4 is 39.8 Å². The lowest BCUT2D eigenvalue weighted by Crippen LogP contribution is -1.93. The summed E-state index contributed by atoms with van der Waals surface area (Å²) in [5.74, 6) is 0.747. The van der Waals surface area contributed by atoms with Crippen molar-refractivity contribution in [3.8, 4) is 16.9 Å². The highest BCUT2D eigenvalue weighted by Gasteiger charge is 2.06. The zero-order chi connectivity index (χ0) is 23.6. The standard InChI is InChI=1S/C28H24O3S2/c1-4-27(29)32-25-17-13-24(14-18-25)31-19-5-6-21-7-9-22(10-8-21)23-11-15-26(16-12-23)33-28(30)20(2)3/h4-18H,1-2,19H2,3H3/b6-5+. The second kappa shape index (κ2) is 12.1. The molecular weight excluding hydrogens is 448 g/mol. The molecule has 5 heteroatoms. The minimum Gasteiger partial charge on any atom is -0.490 e. The molecule has 0 saturated carbocycles. The van der Waals surface area contributed by atoms with E-state index in [2.05, 4.69) is 37.4 Å². The fraction of sp³-hybridized carbons (Fsp3) is 0.0714. The molecule has 0 fully saturated rings. The largest absolute Gasteiger partial charge is 0.490 e. The number of carbonyl (C=O) groups excluding carboxylic acids is 2. The summed E-state index contributed by atoms with van der Waals surface area (Å²) >= 11 is 2.33. The van der Waals surface area contributed by atoms with Crippen molar-refractivity contribution in [1.82, 2.24) is 0 Å². The Bertz CT molecular complexity index is 1160. The predicted octanol–water partition coefficient (Wildman–Crippen LogP) is 7.45. The number of carbonyl (C=O) groups is 2. The maximum Gasteiger partial charge on any atom is 0.219 e. The number of benzene rings is 3. The monoisotopic (exact) mass is 472 g/mol. The minimum atomic E-state index is -0.0799. The van der Waals surface area contributed by atoms with E-state index in [4.69, 9.17) is 4.74 Å². The Balaban J connectivity index is 1.51. The molecule has 0 amide bonds. The molecule has 33 heavy (non-hydrogen) atoms. The molecule has 3 aromatic rings. The van der Waals surface area contributed by atoms with Crippen LogP contribution < -0.4 is 4.74 Å². The van der Waals surface area contributed by atoms with E-state index in [-0.39, 0.29) is 10.2 Å². The number of thioether (sulfide) groups is 2. The number of hydrogen-bond acceptors (Lipinski definition) is 5. The maximum absolute atomic E-state index is 11.8. The van der Waals surface area contributed by atoms with E-state index in [1.165, 1.54) is 17.8 Å². The lowest BCUT2D eigenvalue weighted by atomic mass is 10.0. The Morgan fingerprint density at radius 3 is 1.97 bits per heavy atom. The van der Waals surface area contributed by atoms with Crippen molar-refractivity contribution in [3.63, 3.8) is 0 Å². The zero-order valence-corrected chi connectivity index (χ0v) is 20.0. The van der Waals surface area contributed by atoms with Gasteiger partial charge in [-0.3, -0.25) is 9.59 Å². The van der Waals surface area contributed by atoms with E-state index in [9.17, 15) is 9.59 Å². The molecular formula is C28H24O3S2. The number of rotatable bonds is 9. The van der Waals surface area contributed by atoms with Gasteiger partial charge in [0, 0.05) is 9.79 Å². The lowest BCUT2D eigenvalue weighted by molar-refractivity contribution is -0.108. The summed E-state index contributed by atoms with van der Waals surface area (Å²) in [6.45, 7) is 9.32. The Morgan fingerprint density at radius 2 is 1.39 bits per heavy atom. The maximum atomic E-state index is 11.8. The first-order chi connectivity index (χ1) is 15.9. The van der Waals surface area contributed by atoms with Crippen molar-refractivity contribution in [1.29, 1.82) is 0 Å². The Morgan fingerprint density at radius 1 is 0.848 bits per heavy atom. The van der Waals surface area contributed by atoms with Gasteiger partial charge in [0.2, 0.25) is 10.2 Å². The van der Waals surface area contributed by atoms with Crippen LogP contribution in [0.25, 0.3) is 17.2 Å². The summed E-state index contributed by atoms with van der Waals surface area (Å²) in [6.07, 6.45) is 5.28. The van der Waals surface area contributed by atoms with Gasteiger partial charge in [-0.05, 0) is 101 Å². The molecule has 166 valence electrons. The Labute approximate surface area is 203 Å². The number of hydrogen-bond donors (Lipinski definition) is 0. The van der Waals surface area contributed by atoms with Crippen LogP contribution >= 0.6 is 23.5 Å². The fourth-order valence-electron chi connectivity index (χ4n) is 2.79. The van der Waals surface area contributed by atoms with Gasteiger partial charge in [0.15, 0.2) is 0 Å². The van der Waals surface area contributed by atoms with Gasteiger partial charge >= 0.3 is 0 Å². The van der Waals surface area contributed by atoms with Crippen LogP contribution in [0.1, 0.15) is 12.5 Å². The average molecular weight is 473 g/mol. The van der Waals surface area contributed by atoms with Crippen molar-refractivity contribution in [2.75, 3.05) is 6.61 Å². The fourth-order valence-corrected chi connectivity index (χ4v) is 4.03. The van der Waals surface area contributed by atoms with Crippen LogP contribution in [0, 0.1) is 0 Å². The summed E-state index contributed by atoms with van der Waals surface area (Å²) in [4.78, 5) is 24.9. The first-order valence-corrected chi connectivity index (χ1v) is 11.9. The molecule has 3 nitrogen and oxygen atoms in total. The predicted molar refractivity (Wildman–Crippen MR) is 140 cm³/mol. The molecule has 0 aliphatic carbocycles. The zero-order valence-electron chi connectivity index (χ0n) is 18.3. The van der Waals surface area contributed by atoms with Crippen LogP contribution in [0.15, 0.2) is 113 Å². The second-order valence-corrected chi connectivity index (χ2v) is 9.25. The molecule has 3 aromatic carbocycles. The molecule has 0 spiro atoms. The van der Waals surface area contributed by atoms with E-state index < -0.39 is 0 Å². The first-order valence-electron chi connectivity index (χ1n) is 10.3. The Hall–Kier alpha value is -3.28. The van der Waals surface area contributed by atoms with Crippen LogP contribution in [-0.2, 0) is 9.59 Å². The molecule has 0 saturated heterocycles. The van der Waals surface area contributed by atoms with Crippen LogP contribution in [0.3, 0.4) is 0 Å². The van der Waals surface area contributed by atoms with Crippen molar-refractivity contribution in [3.05, 3.63) is 109 Å². The van der Waals surface area contributed by atoms with E-state index in [1.54, 1.807) is 6.92 Å². The molecule has 0 unspecified atom stereocenters. The molecule has 0 bridgehead atoms. The van der Waals surface area contributed by atoms with Gasteiger partial charge in [0.25, 0.3) is 0 Å². The van der Waals surface area contributed by atoms with Crippen LogP contribution in [-0.4, -0.2) is 16.8 Å². The molecule has 0 N–H and O–H groups in total. The summed E-state index contributed by atoms with van der Waals surface area (Å²) in [5, 5.41) is -0.0948. The van der Waals surface area contributed by atoms with Crippen LogP contribution in [0.2, 0.25) is 0 Å². The lowest BCUT2D eigenvalue weighted by Gasteiger charge is -2.05. The SMILES string of the molecule is C=CC(=O)Sc1ccc(OC/C=C/c2ccc(-c3ccc(SC(=O)C(=C)C)cc3)cc2)cc1. The molecule has 0 aliphatic rings. The molecule has 0 heterocycles. The second-order valence-electron chi connectivity index (χ2n) is 7.13. The summed E-state index contributed by atoms with van der Waals surface area (Å²) < 4.78 is 5.73. The summed E-state index contributed by atoms with van der Waals surface area (Å²) in [7, 11) is 0. The van der Waals surface area contributed by atoms with Gasteiger partial charge in [0.05, 0.1) is 0 Å². The van der Waals surface area contributed by atoms with Gasteiger partial charge in [0.1, 0.15) is 12.4 Å². The highest BCUT2D eigenvalue weighted by atomic mass is 32.2. The van der Waals surface area contributed by atoms with Gasteiger partial charge < -0.3 is 4.74 Å².